The minimum absolute atomic E-state index is 0.0239. The lowest BCUT2D eigenvalue weighted by Crippen LogP contribution is -2.25. The molecular formula is C22H23F3O3. The normalized spacial score (nSPS) is 20.9. The van der Waals surface area contributed by atoms with Crippen LogP contribution in [0, 0.1) is 17.5 Å². The smallest absolute Gasteiger partial charge is 0.205 e. The zero-order chi connectivity index (χ0) is 19.8. The minimum Gasteiger partial charge on any atom is -0.494 e. The molecule has 1 saturated heterocycles. The van der Waals surface area contributed by atoms with Gasteiger partial charge in [-0.25, -0.2) is 4.39 Å². The number of halogens is 3. The molecule has 0 bridgehead atoms. The highest BCUT2D eigenvalue weighted by atomic mass is 19.2. The summed E-state index contributed by atoms with van der Waals surface area (Å²) in [6.07, 6.45) is 4.26. The molecule has 0 spiro atoms. The van der Waals surface area contributed by atoms with Crippen molar-refractivity contribution in [3.63, 3.8) is 0 Å². The molecule has 28 heavy (non-hydrogen) atoms. The molecule has 0 amide bonds. The first-order chi connectivity index (χ1) is 13.5. The number of hydrogen-bond acceptors (Lipinski definition) is 3. The molecule has 2 aromatic rings. The predicted octanol–water partition coefficient (Wildman–Crippen LogP) is 5.87. The zero-order valence-electron chi connectivity index (χ0n) is 16.0. The first-order valence-electron chi connectivity index (χ1n) is 9.69. The second-order valence-corrected chi connectivity index (χ2v) is 7.45. The van der Waals surface area contributed by atoms with Gasteiger partial charge in [0, 0.05) is 23.5 Å². The lowest BCUT2D eigenvalue weighted by atomic mass is 9.88. The first-order valence-corrected chi connectivity index (χ1v) is 9.69. The van der Waals surface area contributed by atoms with Gasteiger partial charge < -0.3 is 14.2 Å². The number of fused-ring (bicyclic) bond motifs is 2. The van der Waals surface area contributed by atoms with Crippen LogP contribution >= 0.6 is 0 Å². The van der Waals surface area contributed by atoms with Gasteiger partial charge in [-0.2, -0.15) is 8.78 Å². The second-order valence-electron chi connectivity index (χ2n) is 7.45. The third-order valence-corrected chi connectivity index (χ3v) is 5.64. The van der Waals surface area contributed by atoms with Gasteiger partial charge >= 0.3 is 0 Å². The van der Waals surface area contributed by atoms with Gasteiger partial charge in [-0.3, -0.25) is 0 Å². The maximum atomic E-state index is 15.2. The zero-order valence-corrected chi connectivity index (χ0v) is 16.0. The Labute approximate surface area is 162 Å². The van der Waals surface area contributed by atoms with Crippen molar-refractivity contribution in [2.24, 2.45) is 0 Å². The lowest BCUT2D eigenvalue weighted by molar-refractivity contribution is -0.00178. The van der Waals surface area contributed by atoms with E-state index in [1.165, 1.54) is 13.2 Å². The van der Waals surface area contributed by atoms with E-state index in [0.29, 0.717) is 23.3 Å². The first kappa shape index (κ1) is 19.1. The van der Waals surface area contributed by atoms with Gasteiger partial charge in [-0.15, -0.1) is 0 Å². The van der Waals surface area contributed by atoms with Crippen molar-refractivity contribution >= 4 is 0 Å². The number of hydrogen-bond donors (Lipinski definition) is 0. The summed E-state index contributed by atoms with van der Waals surface area (Å²) in [7, 11) is 1.27. The van der Waals surface area contributed by atoms with Gasteiger partial charge in [-0.05, 0) is 30.9 Å². The van der Waals surface area contributed by atoms with Crippen LogP contribution < -0.4 is 9.47 Å². The SMILES string of the molecule is CCCC1CCC(c2ccc3c(c2F)Oc2c(cc(OC)c(F)c2F)C3)CO1. The summed E-state index contributed by atoms with van der Waals surface area (Å²) in [4.78, 5) is 0. The molecule has 2 aliphatic heterocycles. The molecule has 0 aromatic heterocycles. The van der Waals surface area contributed by atoms with Crippen molar-refractivity contribution in [1.29, 1.82) is 0 Å². The maximum Gasteiger partial charge on any atom is 0.205 e. The fourth-order valence-electron chi connectivity index (χ4n) is 4.11. The highest BCUT2D eigenvalue weighted by molar-refractivity contribution is 5.55. The number of methoxy groups -OCH3 is 1. The van der Waals surface area contributed by atoms with E-state index in [9.17, 15) is 8.78 Å². The molecule has 0 radical (unpaired) electrons. The summed E-state index contributed by atoms with van der Waals surface area (Å²) in [5.74, 6) is -3.37. The average Bonchev–Trinajstić information content (AvgIpc) is 2.71. The van der Waals surface area contributed by atoms with E-state index in [1.807, 2.05) is 0 Å². The van der Waals surface area contributed by atoms with Crippen molar-refractivity contribution in [2.75, 3.05) is 13.7 Å². The van der Waals surface area contributed by atoms with Crippen molar-refractivity contribution in [2.45, 2.75) is 51.0 Å². The van der Waals surface area contributed by atoms with Crippen LogP contribution in [0.5, 0.6) is 17.2 Å². The summed E-state index contributed by atoms with van der Waals surface area (Å²) in [5, 5.41) is 0. The Morgan fingerprint density at radius 3 is 2.50 bits per heavy atom. The molecule has 2 heterocycles. The molecule has 2 unspecified atom stereocenters. The number of rotatable bonds is 4. The van der Waals surface area contributed by atoms with Crippen LogP contribution in [0.4, 0.5) is 13.2 Å². The van der Waals surface area contributed by atoms with Crippen molar-refractivity contribution < 1.29 is 27.4 Å². The lowest BCUT2D eigenvalue weighted by Gasteiger charge is -2.30. The van der Waals surface area contributed by atoms with Gasteiger partial charge in [0.2, 0.25) is 11.6 Å². The molecule has 2 aromatic carbocycles. The van der Waals surface area contributed by atoms with E-state index >= 15 is 4.39 Å². The van der Waals surface area contributed by atoms with Crippen LogP contribution in [0.15, 0.2) is 18.2 Å². The van der Waals surface area contributed by atoms with E-state index in [2.05, 4.69) is 6.92 Å². The van der Waals surface area contributed by atoms with Crippen LogP contribution in [0.2, 0.25) is 0 Å². The number of ether oxygens (including phenoxy) is 3. The van der Waals surface area contributed by atoms with E-state index in [4.69, 9.17) is 14.2 Å². The van der Waals surface area contributed by atoms with E-state index in [0.717, 1.165) is 25.7 Å². The monoisotopic (exact) mass is 392 g/mol. The third kappa shape index (κ3) is 3.24. The summed E-state index contributed by atoms with van der Waals surface area (Å²) >= 11 is 0. The molecule has 150 valence electrons. The Bertz CT molecular complexity index is 889. The standard InChI is InChI=1S/C22H23F3O3/c1-3-4-15-7-5-13(11-27-15)16-8-6-12-9-14-10-17(26-2)19(24)20(25)22(14)28-21(12)18(16)23/h6,8,10,13,15H,3-5,7,9,11H2,1-2H3. The van der Waals surface area contributed by atoms with Crippen LogP contribution in [0.1, 0.15) is 55.2 Å². The Hall–Kier alpha value is -2.21. The molecule has 3 nitrogen and oxygen atoms in total. The largest absolute Gasteiger partial charge is 0.494 e. The quantitative estimate of drug-likeness (QED) is 0.556. The molecule has 6 heteroatoms. The molecular weight excluding hydrogens is 369 g/mol. The second kappa shape index (κ2) is 7.66. The summed E-state index contributed by atoms with van der Waals surface area (Å²) in [5.41, 5.74) is 1.53. The van der Waals surface area contributed by atoms with Crippen LogP contribution in [-0.2, 0) is 11.2 Å². The molecule has 4 rings (SSSR count). The van der Waals surface area contributed by atoms with Crippen LogP contribution in [0.25, 0.3) is 0 Å². The fraction of sp³-hybridized carbons (Fsp3) is 0.455. The Balaban J connectivity index is 1.63. The third-order valence-electron chi connectivity index (χ3n) is 5.64. The van der Waals surface area contributed by atoms with Gasteiger partial charge in [0.1, 0.15) is 0 Å². The highest BCUT2D eigenvalue weighted by Gasteiger charge is 2.31. The van der Waals surface area contributed by atoms with E-state index in [-0.39, 0.29) is 35.7 Å². The fourth-order valence-corrected chi connectivity index (χ4v) is 4.11. The highest BCUT2D eigenvalue weighted by Crippen LogP contribution is 2.45. The van der Waals surface area contributed by atoms with Gasteiger partial charge in [0.25, 0.3) is 0 Å². The Morgan fingerprint density at radius 1 is 1.04 bits per heavy atom. The maximum absolute atomic E-state index is 15.2. The molecule has 1 fully saturated rings. The predicted molar refractivity (Wildman–Crippen MR) is 98.8 cm³/mol. The molecule has 2 atom stereocenters. The van der Waals surface area contributed by atoms with Crippen LogP contribution in [-0.4, -0.2) is 19.8 Å². The summed E-state index contributed by atoms with van der Waals surface area (Å²) < 4.78 is 59.9. The van der Waals surface area contributed by atoms with E-state index < -0.39 is 17.5 Å². The molecule has 2 aliphatic rings. The molecule has 0 saturated carbocycles. The van der Waals surface area contributed by atoms with Gasteiger partial charge in [0.05, 0.1) is 19.8 Å². The van der Waals surface area contributed by atoms with Crippen molar-refractivity contribution in [3.05, 3.63) is 52.3 Å². The molecule has 0 aliphatic carbocycles. The summed E-state index contributed by atoms with van der Waals surface area (Å²) in [6, 6.07) is 4.95. The molecule has 0 N–H and O–H groups in total. The van der Waals surface area contributed by atoms with E-state index in [1.54, 1.807) is 12.1 Å². The topological polar surface area (TPSA) is 27.7 Å². The van der Waals surface area contributed by atoms with Crippen molar-refractivity contribution in [1.82, 2.24) is 0 Å². The van der Waals surface area contributed by atoms with Crippen molar-refractivity contribution in [3.8, 4) is 17.2 Å². The van der Waals surface area contributed by atoms with Crippen LogP contribution in [0.3, 0.4) is 0 Å². The Kier molecular flexibility index (Phi) is 5.23. The minimum atomic E-state index is -1.16. The summed E-state index contributed by atoms with van der Waals surface area (Å²) in [6.45, 7) is 2.57. The average molecular weight is 392 g/mol. The number of benzene rings is 2. The van der Waals surface area contributed by atoms with Gasteiger partial charge in [0.15, 0.2) is 23.1 Å². The van der Waals surface area contributed by atoms with Gasteiger partial charge in [-0.1, -0.05) is 25.5 Å². The Morgan fingerprint density at radius 2 is 1.82 bits per heavy atom.